The Hall–Kier alpha value is -0.0800. The predicted molar refractivity (Wildman–Crippen MR) is 69.4 cm³/mol. The fourth-order valence-electron chi connectivity index (χ4n) is 2.09. The molecule has 92 valence electrons. The summed E-state index contributed by atoms with van der Waals surface area (Å²) in [7, 11) is 0. The maximum atomic E-state index is 3.62. The van der Waals surface area contributed by atoms with Crippen LogP contribution in [0.15, 0.2) is 0 Å². The molecule has 0 fully saturated rings. The van der Waals surface area contributed by atoms with Gasteiger partial charge in [0.05, 0.1) is 0 Å². The van der Waals surface area contributed by atoms with Crippen molar-refractivity contribution in [3.8, 4) is 0 Å². The van der Waals surface area contributed by atoms with Crippen LogP contribution in [-0.4, -0.2) is 36.1 Å². The average Bonchev–Trinajstić information content (AvgIpc) is 2.17. The van der Waals surface area contributed by atoms with Crippen molar-refractivity contribution < 1.29 is 0 Å². The highest BCUT2D eigenvalue weighted by Crippen LogP contribution is 2.04. The Kier molecular flexibility index (Phi) is 8.07. The molecule has 15 heavy (non-hydrogen) atoms. The molecule has 0 heterocycles. The molecule has 0 aliphatic heterocycles. The van der Waals surface area contributed by atoms with Crippen molar-refractivity contribution in [3.05, 3.63) is 0 Å². The molecular weight excluding hydrogens is 184 g/mol. The third-order valence-corrected chi connectivity index (χ3v) is 3.12. The summed E-state index contributed by atoms with van der Waals surface area (Å²) in [6.07, 6.45) is 2.47. The predicted octanol–water partition coefficient (Wildman–Crippen LogP) is 2.88. The van der Waals surface area contributed by atoms with Crippen LogP contribution in [0.1, 0.15) is 54.4 Å². The van der Waals surface area contributed by atoms with Gasteiger partial charge < -0.3 is 5.32 Å². The minimum Gasteiger partial charge on any atom is -0.313 e. The van der Waals surface area contributed by atoms with Crippen molar-refractivity contribution in [3.63, 3.8) is 0 Å². The van der Waals surface area contributed by atoms with E-state index < -0.39 is 0 Å². The highest BCUT2D eigenvalue weighted by Gasteiger charge is 2.12. The first-order chi connectivity index (χ1) is 7.02. The molecule has 0 aromatic heterocycles. The molecule has 0 radical (unpaired) electrons. The van der Waals surface area contributed by atoms with Gasteiger partial charge in [-0.15, -0.1) is 0 Å². The Labute approximate surface area is 96.4 Å². The van der Waals surface area contributed by atoms with Crippen LogP contribution in [-0.2, 0) is 0 Å². The first-order valence-electron chi connectivity index (χ1n) is 6.51. The van der Waals surface area contributed by atoms with Crippen LogP contribution in [0.5, 0.6) is 0 Å². The van der Waals surface area contributed by atoms with Gasteiger partial charge in [0, 0.05) is 31.2 Å². The summed E-state index contributed by atoms with van der Waals surface area (Å²) in [6, 6.07) is 1.99. The van der Waals surface area contributed by atoms with Crippen molar-refractivity contribution >= 4 is 0 Å². The van der Waals surface area contributed by atoms with Crippen LogP contribution >= 0.6 is 0 Å². The van der Waals surface area contributed by atoms with Crippen molar-refractivity contribution in [2.75, 3.05) is 13.1 Å². The van der Waals surface area contributed by atoms with Gasteiger partial charge in [0.1, 0.15) is 0 Å². The van der Waals surface area contributed by atoms with Gasteiger partial charge in [0.15, 0.2) is 0 Å². The molecule has 0 aromatic rings. The molecule has 0 saturated carbocycles. The van der Waals surface area contributed by atoms with Gasteiger partial charge in [0.25, 0.3) is 0 Å². The number of nitrogens with zero attached hydrogens (tertiary/aromatic N) is 1. The molecule has 0 atom stereocenters. The molecule has 2 nitrogen and oxygen atoms in total. The van der Waals surface area contributed by atoms with E-state index in [0.717, 1.165) is 13.1 Å². The summed E-state index contributed by atoms with van der Waals surface area (Å²) in [6.45, 7) is 15.9. The molecule has 0 aliphatic rings. The Morgan fingerprint density at radius 3 is 1.73 bits per heavy atom. The molecule has 0 rings (SSSR count). The topological polar surface area (TPSA) is 15.3 Å². The second-order valence-corrected chi connectivity index (χ2v) is 4.89. The maximum absolute atomic E-state index is 3.62. The lowest BCUT2D eigenvalue weighted by Crippen LogP contribution is -2.43. The monoisotopic (exact) mass is 214 g/mol. The number of hydrogen-bond acceptors (Lipinski definition) is 2. The molecule has 0 spiro atoms. The normalized spacial score (nSPS) is 12.4. The summed E-state index contributed by atoms with van der Waals surface area (Å²) in [5, 5.41) is 3.62. The van der Waals surface area contributed by atoms with Crippen LogP contribution < -0.4 is 5.32 Å². The molecule has 0 aromatic carbocycles. The second kappa shape index (κ2) is 8.12. The summed E-state index contributed by atoms with van der Waals surface area (Å²) in [5.74, 6) is 0. The van der Waals surface area contributed by atoms with E-state index in [1.165, 1.54) is 12.8 Å². The Morgan fingerprint density at radius 1 is 0.933 bits per heavy atom. The first-order valence-corrected chi connectivity index (χ1v) is 6.51. The number of rotatable bonds is 8. The van der Waals surface area contributed by atoms with Crippen LogP contribution in [0.25, 0.3) is 0 Å². The SMILES string of the molecule is CCC(CC)NCCN(C(C)C)C(C)C. The van der Waals surface area contributed by atoms with Crippen molar-refractivity contribution in [2.24, 2.45) is 0 Å². The van der Waals surface area contributed by atoms with Crippen molar-refractivity contribution in [1.29, 1.82) is 0 Å². The molecule has 1 N–H and O–H groups in total. The van der Waals surface area contributed by atoms with E-state index in [9.17, 15) is 0 Å². The third-order valence-electron chi connectivity index (χ3n) is 3.12. The Balaban J connectivity index is 3.80. The fourth-order valence-corrected chi connectivity index (χ4v) is 2.09. The zero-order chi connectivity index (χ0) is 11.8. The summed E-state index contributed by atoms with van der Waals surface area (Å²) in [4.78, 5) is 2.54. The lowest BCUT2D eigenvalue weighted by atomic mass is 10.1. The zero-order valence-corrected chi connectivity index (χ0v) is 11.5. The Morgan fingerprint density at radius 2 is 1.40 bits per heavy atom. The van der Waals surface area contributed by atoms with Gasteiger partial charge in [-0.1, -0.05) is 13.8 Å². The Bertz CT molecular complexity index is 131. The highest BCUT2D eigenvalue weighted by atomic mass is 15.2. The minimum atomic E-state index is 0.647. The van der Waals surface area contributed by atoms with Crippen LogP contribution in [0.3, 0.4) is 0 Å². The molecule has 0 aliphatic carbocycles. The second-order valence-electron chi connectivity index (χ2n) is 4.89. The van der Waals surface area contributed by atoms with Crippen LogP contribution in [0.2, 0.25) is 0 Å². The fraction of sp³-hybridized carbons (Fsp3) is 1.00. The first kappa shape index (κ1) is 14.9. The summed E-state index contributed by atoms with van der Waals surface area (Å²) >= 11 is 0. The highest BCUT2D eigenvalue weighted by molar-refractivity contribution is 4.70. The van der Waals surface area contributed by atoms with E-state index in [1.807, 2.05) is 0 Å². The average molecular weight is 214 g/mol. The third kappa shape index (κ3) is 6.16. The molecule has 0 unspecified atom stereocenters. The number of hydrogen-bond donors (Lipinski definition) is 1. The van der Waals surface area contributed by atoms with Crippen LogP contribution in [0.4, 0.5) is 0 Å². The molecular formula is C13H30N2. The van der Waals surface area contributed by atoms with Gasteiger partial charge in [-0.2, -0.15) is 0 Å². The molecule has 2 heteroatoms. The van der Waals surface area contributed by atoms with Gasteiger partial charge >= 0.3 is 0 Å². The lowest BCUT2D eigenvalue weighted by molar-refractivity contribution is 0.173. The van der Waals surface area contributed by atoms with Gasteiger partial charge in [-0.3, -0.25) is 4.90 Å². The van der Waals surface area contributed by atoms with E-state index >= 15 is 0 Å². The molecule has 0 amide bonds. The quantitative estimate of drug-likeness (QED) is 0.668. The maximum Gasteiger partial charge on any atom is 0.0112 e. The van der Waals surface area contributed by atoms with E-state index in [1.54, 1.807) is 0 Å². The van der Waals surface area contributed by atoms with Crippen molar-refractivity contribution in [2.45, 2.75) is 72.5 Å². The van der Waals surface area contributed by atoms with E-state index in [0.29, 0.717) is 18.1 Å². The minimum absolute atomic E-state index is 0.647. The molecule has 0 bridgehead atoms. The van der Waals surface area contributed by atoms with Crippen molar-refractivity contribution in [1.82, 2.24) is 10.2 Å². The van der Waals surface area contributed by atoms with Gasteiger partial charge in [0.2, 0.25) is 0 Å². The van der Waals surface area contributed by atoms with E-state index in [-0.39, 0.29) is 0 Å². The summed E-state index contributed by atoms with van der Waals surface area (Å²) < 4.78 is 0. The largest absolute Gasteiger partial charge is 0.313 e. The van der Waals surface area contributed by atoms with Crippen LogP contribution in [0, 0.1) is 0 Å². The van der Waals surface area contributed by atoms with E-state index in [2.05, 4.69) is 51.8 Å². The van der Waals surface area contributed by atoms with E-state index in [4.69, 9.17) is 0 Å². The van der Waals surface area contributed by atoms with Gasteiger partial charge in [-0.25, -0.2) is 0 Å². The number of nitrogens with one attached hydrogen (secondary N) is 1. The van der Waals surface area contributed by atoms with Gasteiger partial charge in [-0.05, 0) is 40.5 Å². The zero-order valence-electron chi connectivity index (χ0n) is 11.5. The summed E-state index contributed by atoms with van der Waals surface area (Å²) in [5.41, 5.74) is 0. The standard InChI is InChI=1S/C13H30N2/c1-7-13(8-2)14-9-10-15(11(3)4)12(5)6/h11-14H,7-10H2,1-6H3. The lowest BCUT2D eigenvalue weighted by Gasteiger charge is -2.31. The smallest absolute Gasteiger partial charge is 0.0112 e. The molecule has 0 saturated heterocycles.